The zero-order valence-electron chi connectivity index (χ0n) is 23.8. The zero-order valence-corrected chi connectivity index (χ0v) is 23.8. The third-order valence-corrected chi connectivity index (χ3v) is 6.91. The van der Waals surface area contributed by atoms with Crippen LogP contribution in [0.3, 0.4) is 0 Å². The fourth-order valence-electron chi connectivity index (χ4n) is 4.76. The number of carboxylic acids is 2. The molecule has 42 heavy (non-hydrogen) atoms. The first-order valence-corrected chi connectivity index (χ1v) is 13.5. The Balaban J connectivity index is 0.000000446. The van der Waals surface area contributed by atoms with Crippen molar-refractivity contribution in [2.75, 3.05) is 56.4 Å². The van der Waals surface area contributed by atoms with E-state index in [1.807, 2.05) is 30.3 Å². The maximum Gasteiger partial charge on any atom is 0.328 e. The Morgan fingerprint density at radius 3 is 2.17 bits per heavy atom. The van der Waals surface area contributed by atoms with Crippen LogP contribution in [0.25, 0.3) is 22.3 Å². The third kappa shape index (κ3) is 7.29. The van der Waals surface area contributed by atoms with Gasteiger partial charge in [0.25, 0.3) is 0 Å². The monoisotopic (exact) mass is 581 g/mol. The number of ether oxygens (including phenoxy) is 3. The smallest absolute Gasteiger partial charge is 0.328 e. The number of aromatic nitrogens is 3. The number of benzene rings is 1. The van der Waals surface area contributed by atoms with Crippen molar-refractivity contribution in [3.63, 3.8) is 0 Å². The van der Waals surface area contributed by atoms with E-state index in [9.17, 15) is 14.7 Å². The number of morpholine rings is 2. The molecule has 2 aromatic heterocycles. The van der Waals surface area contributed by atoms with E-state index in [4.69, 9.17) is 39.4 Å². The molecule has 0 saturated carbocycles. The summed E-state index contributed by atoms with van der Waals surface area (Å²) in [6.45, 7) is 8.31. The number of anilines is 2. The van der Waals surface area contributed by atoms with Crippen LogP contribution in [-0.2, 0) is 25.7 Å². The average Bonchev–Trinajstić information content (AvgIpc) is 2.99. The number of hydrogen-bond acceptors (Lipinski definition) is 11. The van der Waals surface area contributed by atoms with Crippen LogP contribution in [0.5, 0.6) is 5.75 Å². The van der Waals surface area contributed by atoms with E-state index in [0.29, 0.717) is 55.9 Å². The van der Waals surface area contributed by atoms with Crippen molar-refractivity contribution in [3.05, 3.63) is 48.0 Å². The molecular weight excluding hydrogens is 546 g/mol. The number of methoxy groups -OCH3 is 1. The molecule has 1 aromatic carbocycles. The Bertz CT molecular complexity index is 1430. The molecule has 2 aliphatic rings. The standard InChI is InChI=1S/C25H31N5O4.C4H4O4/c1-16-14-33-10-8-29(16)24-20-5-6-21(18-4-7-22(32-3)19(12-18)13-31)26-23(20)27-25(28-24)30-9-11-34-15-17(30)2;5-3(6)1-2-4(7)8/h4-7,12,16-17,31H,8-11,13-15H2,1-3H3;1-2H,(H,5,6)(H,7,8)/b;2-1+. The topological polar surface area (TPSA) is 168 Å². The minimum atomic E-state index is -1.26. The molecule has 0 spiro atoms. The van der Waals surface area contributed by atoms with Crippen LogP contribution in [0.15, 0.2) is 42.5 Å². The summed E-state index contributed by atoms with van der Waals surface area (Å²) in [5.41, 5.74) is 3.05. The number of aliphatic carboxylic acids is 2. The number of pyridine rings is 1. The van der Waals surface area contributed by atoms with Gasteiger partial charge in [-0.25, -0.2) is 14.6 Å². The van der Waals surface area contributed by atoms with Crippen LogP contribution in [0.2, 0.25) is 0 Å². The second-order valence-electron chi connectivity index (χ2n) is 9.84. The second-order valence-corrected chi connectivity index (χ2v) is 9.84. The molecule has 4 heterocycles. The lowest BCUT2D eigenvalue weighted by Gasteiger charge is -2.37. The maximum absolute atomic E-state index is 9.75. The summed E-state index contributed by atoms with van der Waals surface area (Å²) in [6, 6.07) is 10.1. The van der Waals surface area contributed by atoms with Gasteiger partial charge >= 0.3 is 11.9 Å². The number of hydrogen-bond donors (Lipinski definition) is 3. The second kappa shape index (κ2) is 14.0. The minimum absolute atomic E-state index is 0.106. The Kier molecular flexibility index (Phi) is 10.2. The molecule has 0 aliphatic carbocycles. The Hall–Kier alpha value is -4.33. The molecule has 2 fully saturated rings. The molecule has 2 unspecified atom stereocenters. The molecule has 0 bridgehead atoms. The van der Waals surface area contributed by atoms with Crippen LogP contribution < -0.4 is 14.5 Å². The van der Waals surface area contributed by atoms with Crippen LogP contribution in [0, 0.1) is 0 Å². The van der Waals surface area contributed by atoms with Gasteiger partial charge in [-0.15, -0.1) is 0 Å². The van der Waals surface area contributed by atoms with E-state index in [2.05, 4.69) is 23.6 Å². The molecule has 2 saturated heterocycles. The number of fused-ring (bicyclic) bond motifs is 1. The van der Waals surface area contributed by atoms with Crippen molar-refractivity contribution in [2.24, 2.45) is 0 Å². The number of nitrogens with zero attached hydrogens (tertiary/aromatic N) is 5. The minimum Gasteiger partial charge on any atom is -0.496 e. The van der Waals surface area contributed by atoms with Crippen molar-refractivity contribution in [3.8, 4) is 17.0 Å². The van der Waals surface area contributed by atoms with Gasteiger partial charge in [0.1, 0.15) is 11.6 Å². The van der Waals surface area contributed by atoms with Gasteiger partial charge in [-0.05, 0) is 44.2 Å². The summed E-state index contributed by atoms with van der Waals surface area (Å²) >= 11 is 0. The van der Waals surface area contributed by atoms with Gasteiger partial charge in [-0.1, -0.05) is 0 Å². The first-order valence-electron chi connectivity index (χ1n) is 13.5. The first-order chi connectivity index (χ1) is 20.2. The molecule has 3 aromatic rings. The van der Waals surface area contributed by atoms with E-state index in [1.165, 1.54) is 0 Å². The summed E-state index contributed by atoms with van der Waals surface area (Å²) in [7, 11) is 1.60. The molecule has 13 nitrogen and oxygen atoms in total. The predicted molar refractivity (Wildman–Crippen MR) is 155 cm³/mol. The lowest BCUT2D eigenvalue weighted by atomic mass is 10.1. The van der Waals surface area contributed by atoms with E-state index in [0.717, 1.165) is 41.1 Å². The Morgan fingerprint density at radius 2 is 1.60 bits per heavy atom. The number of carbonyl (C=O) groups is 2. The average molecular weight is 582 g/mol. The van der Waals surface area contributed by atoms with Gasteiger partial charge in [-0.3, -0.25) is 0 Å². The Labute approximate surface area is 243 Å². The van der Waals surface area contributed by atoms with Gasteiger partial charge in [0.15, 0.2) is 5.65 Å². The van der Waals surface area contributed by atoms with E-state index >= 15 is 0 Å². The van der Waals surface area contributed by atoms with Gasteiger partial charge in [-0.2, -0.15) is 9.97 Å². The SMILES string of the molecule is COc1ccc(-c2ccc3c(N4CCOCC4C)nc(N4CCOCC4C)nc3n2)cc1CO.O=C(O)/C=C/C(=O)O. The highest BCUT2D eigenvalue weighted by atomic mass is 16.5. The maximum atomic E-state index is 9.75. The normalized spacial score (nSPS) is 19.0. The van der Waals surface area contributed by atoms with Crippen LogP contribution in [0.1, 0.15) is 19.4 Å². The van der Waals surface area contributed by atoms with Crippen LogP contribution in [0.4, 0.5) is 11.8 Å². The molecule has 13 heteroatoms. The van der Waals surface area contributed by atoms with Crippen molar-refractivity contribution in [1.29, 1.82) is 0 Å². The number of rotatable bonds is 7. The fraction of sp³-hybridized carbons (Fsp3) is 0.414. The quantitative estimate of drug-likeness (QED) is 0.348. The third-order valence-electron chi connectivity index (χ3n) is 6.91. The lowest BCUT2D eigenvalue weighted by Crippen LogP contribution is -2.46. The molecular formula is C29H35N5O8. The summed E-state index contributed by atoms with van der Waals surface area (Å²) in [4.78, 5) is 38.5. The molecule has 0 amide bonds. The molecule has 2 atom stereocenters. The van der Waals surface area contributed by atoms with Crippen molar-refractivity contribution in [2.45, 2.75) is 32.5 Å². The molecule has 2 aliphatic heterocycles. The van der Waals surface area contributed by atoms with Crippen LogP contribution >= 0.6 is 0 Å². The number of carboxylic acid groups (broad SMARTS) is 2. The largest absolute Gasteiger partial charge is 0.496 e. The van der Waals surface area contributed by atoms with Crippen molar-refractivity contribution >= 4 is 34.7 Å². The molecule has 0 radical (unpaired) electrons. The molecule has 5 rings (SSSR count). The van der Waals surface area contributed by atoms with Crippen LogP contribution in [-0.4, -0.2) is 101 Å². The fourth-order valence-corrected chi connectivity index (χ4v) is 4.76. The summed E-state index contributed by atoms with van der Waals surface area (Å²) in [5, 5.41) is 26.3. The Morgan fingerprint density at radius 1 is 0.952 bits per heavy atom. The van der Waals surface area contributed by atoms with E-state index in [-0.39, 0.29) is 18.7 Å². The van der Waals surface area contributed by atoms with Crippen molar-refractivity contribution in [1.82, 2.24) is 15.0 Å². The number of aliphatic hydroxyl groups is 1. The van der Waals surface area contributed by atoms with E-state index < -0.39 is 11.9 Å². The predicted octanol–water partition coefficient (Wildman–Crippen LogP) is 2.35. The number of aliphatic hydroxyl groups excluding tert-OH is 1. The van der Waals surface area contributed by atoms with Gasteiger partial charge in [0.2, 0.25) is 5.95 Å². The van der Waals surface area contributed by atoms with Gasteiger partial charge in [0.05, 0.1) is 63.3 Å². The van der Waals surface area contributed by atoms with Crippen molar-refractivity contribution < 1.29 is 39.1 Å². The summed E-state index contributed by atoms with van der Waals surface area (Å²) < 4.78 is 16.7. The van der Waals surface area contributed by atoms with Gasteiger partial charge < -0.3 is 39.3 Å². The summed E-state index contributed by atoms with van der Waals surface area (Å²) in [5.74, 6) is -0.298. The summed E-state index contributed by atoms with van der Waals surface area (Å²) in [6.07, 6.45) is 1.12. The highest BCUT2D eigenvalue weighted by Crippen LogP contribution is 2.32. The highest BCUT2D eigenvalue weighted by Gasteiger charge is 2.27. The zero-order chi connectivity index (χ0) is 30.2. The highest BCUT2D eigenvalue weighted by molar-refractivity contribution is 5.90. The lowest BCUT2D eigenvalue weighted by molar-refractivity contribution is -0.134. The van der Waals surface area contributed by atoms with Gasteiger partial charge in [0, 0.05) is 36.4 Å². The molecule has 224 valence electrons. The first kappa shape index (κ1) is 30.6. The van der Waals surface area contributed by atoms with E-state index in [1.54, 1.807) is 7.11 Å². The molecule has 3 N–H and O–H groups in total.